The molecule has 3 N–H and O–H groups in total. The van der Waals surface area contributed by atoms with Gasteiger partial charge in [-0.05, 0) is 26.0 Å². The van der Waals surface area contributed by atoms with Crippen molar-refractivity contribution in [3.05, 3.63) is 24.5 Å². The smallest absolute Gasteiger partial charge is 0.242 e. The summed E-state index contributed by atoms with van der Waals surface area (Å²) in [6.45, 7) is 6.00. The van der Waals surface area contributed by atoms with Gasteiger partial charge in [-0.3, -0.25) is 9.98 Å². The highest BCUT2D eigenvalue weighted by Crippen LogP contribution is 2.04. The highest BCUT2D eigenvalue weighted by Gasteiger charge is 2.12. The van der Waals surface area contributed by atoms with E-state index in [9.17, 15) is 8.42 Å². The van der Waals surface area contributed by atoms with Crippen LogP contribution in [0.25, 0.3) is 0 Å². The quantitative estimate of drug-likeness (QED) is 0.288. The summed E-state index contributed by atoms with van der Waals surface area (Å²) < 4.78 is 26.2. The second kappa shape index (κ2) is 9.90. The number of guanidine groups is 1. The Hall–Kier alpha value is -0.940. The summed E-state index contributed by atoms with van der Waals surface area (Å²) in [5.74, 6) is 0.426. The molecule has 0 radical (unpaired) electrons. The summed E-state index contributed by atoms with van der Waals surface area (Å²) in [5, 5.41) is 0. The summed E-state index contributed by atoms with van der Waals surface area (Å²) in [4.78, 5) is 9.96. The van der Waals surface area contributed by atoms with Crippen molar-refractivity contribution in [2.75, 3.05) is 26.2 Å². The molecule has 0 saturated heterocycles. The molecule has 1 heterocycles. The Morgan fingerprint density at radius 1 is 1.43 bits per heavy atom. The van der Waals surface area contributed by atoms with Crippen molar-refractivity contribution in [1.82, 2.24) is 14.6 Å². The van der Waals surface area contributed by atoms with Crippen LogP contribution in [0.1, 0.15) is 13.8 Å². The first-order valence-corrected chi connectivity index (χ1v) is 7.94. The Morgan fingerprint density at radius 3 is 2.62 bits per heavy atom. The standard InChI is InChI=1S/C12H21N5O2S.HI/c1-3-17(4-2)12(13)15-8-9-16-20(18,19)11-6-5-7-14-10-11;/h5-7,10,16H,3-4,8-9H2,1-2H3,(H2,13,15);1H. The number of rotatable bonds is 7. The average molecular weight is 427 g/mol. The largest absolute Gasteiger partial charge is 0.370 e. The summed E-state index contributed by atoms with van der Waals surface area (Å²) in [7, 11) is -3.53. The molecule has 0 unspecified atom stereocenters. The van der Waals surface area contributed by atoms with E-state index in [0.29, 0.717) is 12.5 Å². The molecular weight excluding hydrogens is 405 g/mol. The lowest BCUT2D eigenvalue weighted by Gasteiger charge is -2.19. The fraction of sp³-hybridized carbons (Fsp3) is 0.500. The van der Waals surface area contributed by atoms with Crippen LogP contribution in [0.15, 0.2) is 34.4 Å². The Labute approximate surface area is 143 Å². The molecule has 1 aromatic rings. The molecule has 9 heteroatoms. The van der Waals surface area contributed by atoms with E-state index >= 15 is 0 Å². The van der Waals surface area contributed by atoms with Crippen molar-refractivity contribution >= 4 is 40.0 Å². The fourth-order valence-corrected chi connectivity index (χ4v) is 2.57. The van der Waals surface area contributed by atoms with Crippen LogP contribution in [0.3, 0.4) is 0 Å². The van der Waals surface area contributed by atoms with Gasteiger partial charge in [0.1, 0.15) is 4.90 Å². The molecule has 21 heavy (non-hydrogen) atoms. The van der Waals surface area contributed by atoms with Crippen molar-refractivity contribution in [3.8, 4) is 0 Å². The van der Waals surface area contributed by atoms with E-state index in [1.54, 1.807) is 6.07 Å². The van der Waals surface area contributed by atoms with Gasteiger partial charge in [-0.1, -0.05) is 0 Å². The number of pyridine rings is 1. The molecule has 120 valence electrons. The summed E-state index contributed by atoms with van der Waals surface area (Å²) in [6.07, 6.45) is 2.82. The lowest BCUT2D eigenvalue weighted by atomic mass is 10.5. The average Bonchev–Trinajstić information content (AvgIpc) is 2.46. The predicted octanol–water partition coefficient (Wildman–Crippen LogP) is 0.634. The minimum Gasteiger partial charge on any atom is -0.370 e. The zero-order valence-electron chi connectivity index (χ0n) is 12.2. The van der Waals surface area contributed by atoms with Crippen LogP contribution in [-0.4, -0.2) is 50.4 Å². The fourth-order valence-electron chi connectivity index (χ4n) is 1.59. The van der Waals surface area contributed by atoms with Gasteiger partial charge in [0.05, 0.1) is 6.54 Å². The van der Waals surface area contributed by atoms with Crippen LogP contribution >= 0.6 is 24.0 Å². The van der Waals surface area contributed by atoms with Gasteiger partial charge < -0.3 is 10.6 Å². The number of aromatic nitrogens is 1. The summed E-state index contributed by atoms with van der Waals surface area (Å²) >= 11 is 0. The van der Waals surface area contributed by atoms with E-state index in [1.165, 1.54) is 18.5 Å². The summed E-state index contributed by atoms with van der Waals surface area (Å²) in [6, 6.07) is 3.06. The lowest BCUT2D eigenvalue weighted by molar-refractivity contribution is 0.458. The number of halogens is 1. The van der Waals surface area contributed by atoms with Gasteiger partial charge in [0, 0.05) is 32.0 Å². The third kappa shape index (κ3) is 6.57. The molecule has 0 amide bonds. The van der Waals surface area contributed by atoms with E-state index in [1.807, 2.05) is 18.7 Å². The molecule has 0 aliphatic carbocycles. The first-order valence-electron chi connectivity index (χ1n) is 6.45. The molecule has 0 bridgehead atoms. The maximum absolute atomic E-state index is 11.9. The Balaban J connectivity index is 0.00000400. The van der Waals surface area contributed by atoms with E-state index in [0.717, 1.165) is 13.1 Å². The van der Waals surface area contributed by atoms with E-state index in [-0.39, 0.29) is 35.4 Å². The molecule has 0 spiro atoms. The van der Waals surface area contributed by atoms with Crippen LogP contribution in [-0.2, 0) is 10.0 Å². The van der Waals surface area contributed by atoms with Gasteiger partial charge in [0.25, 0.3) is 0 Å². The number of nitrogens with two attached hydrogens (primary N) is 1. The Kier molecular flexibility index (Phi) is 9.46. The third-order valence-electron chi connectivity index (χ3n) is 2.71. The first kappa shape index (κ1) is 20.1. The lowest BCUT2D eigenvalue weighted by Crippen LogP contribution is -2.37. The van der Waals surface area contributed by atoms with Crippen molar-refractivity contribution in [3.63, 3.8) is 0 Å². The molecule has 0 fully saturated rings. The van der Waals surface area contributed by atoms with Crippen LogP contribution in [0.5, 0.6) is 0 Å². The van der Waals surface area contributed by atoms with Crippen molar-refractivity contribution in [2.45, 2.75) is 18.7 Å². The van der Waals surface area contributed by atoms with Gasteiger partial charge in [-0.25, -0.2) is 13.1 Å². The van der Waals surface area contributed by atoms with Gasteiger partial charge >= 0.3 is 0 Å². The van der Waals surface area contributed by atoms with E-state index in [4.69, 9.17) is 5.73 Å². The SMILES string of the molecule is CCN(CC)C(N)=NCCNS(=O)(=O)c1cccnc1.I. The zero-order chi connectivity index (χ0) is 15.0. The van der Waals surface area contributed by atoms with Crippen molar-refractivity contribution in [1.29, 1.82) is 0 Å². The molecule has 0 aromatic carbocycles. The second-order valence-electron chi connectivity index (χ2n) is 4.00. The van der Waals surface area contributed by atoms with Crippen LogP contribution in [0, 0.1) is 0 Å². The van der Waals surface area contributed by atoms with Crippen LogP contribution < -0.4 is 10.5 Å². The van der Waals surface area contributed by atoms with Crippen molar-refractivity contribution < 1.29 is 8.42 Å². The molecule has 0 aliphatic heterocycles. The molecular formula is C12H22IN5O2S. The monoisotopic (exact) mass is 427 g/mol. The second-order valence-corrected chi connectivity index (χ2v) is 5.77. The number of hydrogen-bond acceptors (Lipinski definition) is 4. The molecule has 1 rings (SSSR count). The van der Waals surface area contributed by atoms with Crippen molar-refractivity contribution in [2.24, 2.45) is 10.7 Å². The van der Waals surface area contributed by atoms with Crippen LogP contribution in [0.2, 0.25) is 0 Å². The Morgan fingerprint density at radius 2 is 2.10 bits per heavy atom. The molecule has 0 atom stereocenters. The van der Waals surface area contributed by atoms with E-state index < -0.39 is 10.0 Å². The number of sulfonamides is 1. The third-order valence-corrected chi connectivity index (χ3v) is 4.16. The summed E-state index contributed by atoms with van der Waals surface area (Å²) in [5.41, 5.74) is 5.79. The van der Waals surface area contributed by atoms with Gasteiger partial charge in [0.15, 0.2) is 5.96 Å². The van der Waals surface area contributed by atoms with Gasteiger partial charge in [0.2, 0.25) is 10.0 Å². The maximum Gasteiger partial charge on any atom is 0.242 e. The number of nitrogens with zero attached hydrogens (tertiary/aromatic N) is 3. The molecule has 1 aromatic heterocycles. The van der Waals surface area contributed by atoms with Gasteiger partial charge in [-0.15, -0.1) is 24.0 Å². The molecule has 0 aliphatic rings. The predicted molar refractivity (Wildman–Crippen MR) is 94.3 cm³/mol. The number of aliphatic imine (C=N–C) groups is 1. The number of hydrogen-bond donors (Lipinski definition) is 2. The minimum absolute atomic E-state index is 0. The van der Waals surface area contributed by atoms with Gasteiger partial charge in [-0.2, -0.15) is 0 Å². The van der Waals surface area contributed by atoms with E-state index in [2.05, 4.69) is 14.7 Å². The Bertz CT molecular complexity index is 532. The minimum atomic E-state index is -3.53. The zero-order valence-corrected chi connectivity index (χ0v) is 15.3. The van der Waals surface area contributed by atoms with Crippen LogP contribution in [0.4, 0.5) is 0 Å². The highest BCUT2D eigenvalue weighted by molar-refractivity contribution is 14.0. The number of nitrogens with one attached hydrogen (secondary N) is 1. The first-order chi connectivity index (χ1) is 9.51. The maximum atomic E-state index is 11.9. The normalized spacial score (nSPS) is 11.8. The molecule has 0 saturated carbocycles. The molecule has 7 nitrogen and oxygen atoms in total. The topological polar surface area (TPSA) is 101 Å². The highest BCUT2D eigenvalue weighted by atomic mass is 127.